The molecule has 2 aromatic rings. The van der Waals surface area contributed by atoms with Crippen LogP contribution in [0.1, 0.15) is 25.7 Å². The molecule has 2 N–H and O–H groups in total. The van der Waals surface area contributed by atoms with Crippen LogP contribution in [-0.2, 0) is 57.6 Å². The summed E-state index contributed by atoms with van der Waals surface area (Å²) in [5, 5.41) is 16.8. The summed E-state index contributed by atoms with van der Waals surface area (Å²) in [6, 6.07) is 18.7. The van der Waals surface area contributed by atoms with Gasteiger partial charge < -0.3 is 38.6 Å². The Hall–Kier alpha value is -3.54. The minimum absolute atomic E-state index is 0. The molecule has 41 heavy (non-hydrogen) atoms. The number of aliphatic carboxylic acids is 2. The molecular formula is C28H36O12Zn. The van der Waals surface area contributed by atoms with E-state index >= 15 is 0 Å². The summed E-state index contributed by atoms with van der Waals surface area (Å²) in [6.07, 6.45) is -0.673. The van der Waals surface area contributed by atoms with Gasteiger partial charge in [0, 0.05) is 19.5 Å². The fourth-order valence-corrected chi connectivity index (χ4v) is 2.67. The van der Waals surface area contributed by atoms with Gasteiger partial charge in [-0.25, -0.2) is 0 Å². The van der Waals surface area contributed by atoms with Crippen molar-refractivity contribution in [1.82, 2.24) is 0 Å². The molecule has 0 aromatic heterocycles. The number of carboxylic acid groups (broad SMARTS) is 2. The Balaban J connectivity index is 0.000000762. The predicted molar refractivity (Wildman–Crippen MR) is 141 cm³/mol. The maximum atomic E-state index is 11.1. The van der Waals surface area contributed by atoms with Crippen molar-refractivity contribution in [3.8, 4) is 11.5 Å². The maximum Gasteiger partial charge on any atom is 0.306 e. The van der Waals surface area contributed by atoms with Crippen molar-refractivity contribution >= 4 is 23.9 Å². The number of rotatable bonds is 20. The van der Waals surface area contributed by atoms with E-state index in [0.717, 1.165) is 11.5 Å². The zero-order chi connectivity index (χ0) is 29.3. The van der Waals surface area contributed by atoms with Crippen molar-refractivity contribution in [2.45, 2.75) is 25.7 Å². The Labute approximate surface area is 251 Å². The van der Waals surface area contributed by atoms with Crippen LogP contribution in [0, 0.1) is 0 Å². The maximum absolute atomic E-state index is 11.1. The number of esters is 2. The Morgan fingerprint density at radius 2 is 0.829 bits per heavy atom. The van der Waals surface area contributed by atoms with E-state index in [0.29, 0.717) is 26.4 Å². The molecule has 0 heterocycles. The third kappa shape index (κ3) is 24.0. The van der Waals surface area contributed by atoms with Gasteiger partial charge in [-0.3, -0.25) is 19.2 Å². The van der Waals surface area contributed by atoms with Crippen LogP contribution in [0.3, 0.4) is 0 Å². The van der Waals surface area contributed by atoms with E-state index in [1.54, 1.807) is 0 Å². The molecule has 2 aromatic carbocycles. The largest absolute Gasteiger partial charge is 0.491 e. The number of benzene rings is 2. The van der Waals surface area contributed by atoms with Crippen LogP contribution in [0.15, 0.2) is 60.7 Å². The molecule has 222 valence electrons. The SMILES string of the molecule is O=C(O)CCC(=O)OCCOCCOc1ccccc1.O=C(O)CCC(=O)OCCOCCOc1ccccc1.[Zn]. The standard InChI is InChI=1S/2C14H18O6.Zn/c2*15-13(16)6-7-14(17)20-11-9-18-8-10-19-12-4-2-1-3-5-12;/h2*1-5H,6-11H2,(H,15,16);. The fraction of sp³-hybridized carbons (Fsp3) is 0.429. The van der Waals surface area contributed by atoms with Crippen LogP contribution >= 0.6 is 0 Å². The number of hydrogen-bond acceptors (Lipinski definition) is 10. The third-order valence-electron chi connectivity index (χ3n) is 4.55. The molecular weight excluding hydrogens is 594 g/mol. The zero-order valence-corrected chi connectivity index (χ0v) is 25.9. The smallest absolute Gasteiger partial charge is 0.306 e. The number of carboxylic acids is 2. The molecule has 0 amide bonds. The summed E-state index contributed by atoms with van der Waals surface area (Å²) in [5.41, 5.74) is 0. The van der Waals surface area contributed by atoms with Crippen molar-refractivity contribution in [3.63, 3.8) is 0 Å². The summed E-state index contributed by atoms with van der Waals surface area (Å²) in [6.45, 7) is 2.36. The van der Waals surface area contributed by atoms with Crippen LogP contribution < -0.4 is 9.47 Å². The van der Waals surface area contributed by atoms with Gasteiger partial charge in [-0.2, -0.15) is 0 Å². The number of carbonyl (C=O) groups is 4. The van der Waals surface area contributed by atoms with Crippen molar-refractivity contribution in [2.75, 3.05) is 52.9 Å². The second-order valence-corrected chi connectivity index (χ2v) is 7.78. The predicted octanol–water partition coefficient (Wildman–Crippen LogP) is 2.98. The molecule has 0 aliphatic rings. The topological polar surface area (TPSA) is 164 Å². The van der Waals surface area contributed by atoms with Gasteiger partial charge in [0.05, 0.1) is 52.1 Å². The summed E-state index contributed by atoms with van der Waals surface area (Å²) in [4.78, 5) is 42.6. The molecule has 0 radical (unpaired) electrons. The van der Waals surface area contributed by atoms with Gasteiger partial charge in [0.25, 0.3) is 0 Å². The average Bonchev–Trinajstić information content (AvgIpc) is 2.95. The second-order valence-electron chi connectivity index (χ2n) is 7.78. The molecule has 0 bridgehead atoms. The van der Waals surface area contributed by atoms with Crippen LogP contribution in [-0.4, -0.2) is 86.9 Å². The van der Waals surface area contributed by atoms with Gasteiger partial charge in [-0.1, -0.05) is 36.4 Å². The molecule has 0 atom stereocenters. The zero-order valence-electron chi connectivity index (χ0n) is 22.9. The first kappa shape index (κ1) is 37.5. The molecule has 0 saturated carbocycles. The van der Waals surface area contributed by atoms with E-state index in [4.69, 9.17) is 38.6 Å². The quantitative estimate of drug-likeness (QED) is 0.125. The summed E-state index contributed by atoms with van der Waals surface area (Å²) >= 11 is 0. The molecule has 13 heteroatoms. The first-order valence-corrected chi connectivity index (χ1v) is 12.6. The number of carbonyl (C=O) groups excluding carboxylic acids is 2. The normalized spacial score (nSPS) is 9.76. The Bertz CT molecular complexity index is 893. The second kappa shape index (κ2) is 25.4. The number of para-hydroxylation sites is 2. The van der Waals surface area contributed by atoms with Crippen LogP contribution in [0.5, 0.6) is 11.5 Å². The van der Waals surface area contributed by atoms with Crippen LogP contribution in [0.4, 0.5) is 0 Å². The summed E-state index contributed by atoms with van der Waals surface area (Å²) in [7, 11) is 0. The third-order valence-corrected chi connectivity index (χ3v) is 4.55. The van der Waals surface area contributed by atoms with Gasteiger partial charge in [-0.15, -0.1) is 0 Å². The van der Waals surface area contributed by atoms with E-state index in [-0.39, 0.29) is 71.6 Å². The molecule has 0 fully saturated rings. The van der Waals surface area contributed by atoms with E-state index in [2.05, 4.69) is 0 Å². The minimum Gasteiger partial charge on any atom is -0.491 e. The van der Waals surface area contributed by atoms with Crippen LogP contribution in [0.2, 0.25) is 0 Å². The minimum atomic E-state index is -1.02. The number of ether oxygens (including phenoxy) is 6. The molecule has 0 saturated heterocycles. The Morgan fingerprint density at radius 1 is 0.488 bits per heavy atom. The van der Waals surface area contributed by atoms with Gasteiger partial charge in [-0.05, 0) is 24.3 Å². The molecule has 2 rings (SSSR count). The molecule has 0 spiro atoms. The van der Waals surface area contributed by atoms with Gasteiger partial charge >= 0.3 is 23.9 Å². The van der Waals surface area contributed by atoms with E-state index in [1.807, 2.05) is 60.7 Å². The van der Waals surface area contributed by atoms with Gasteiger partial charge in [0.15, 0.2) is 0 Å². The molecule has 0 aliphatic heterocycles. The van der Waals surface area contributed by atoms with E-state index < -0.39 is 23.9 Å². The van der Waals surface area contributed by atoms with Crippen LogP contribution in [0.25, 0.3) is 0 Å². The average molecular weight is 630 g/mol. The first-order chi connectivity index (χ1) is 19.4. The summed E-state index contributed by atoms with van der Waals surface area (Å²) < 4.78 is 30.8. The first-order valence-electron chi connectivity index (χ1n) is 12.6. The van der Waals surface area contributed by atoms with Crippen molar-refractivity contribution in [1.29, 1.82) is 0 Å². The van der Waals surface area contributed by atoms with Crippen molar-refractivity contribution in [2.24, 2.45) is 0 Å². The van der Waals surface area contributed by atoms with E-state index in [9.17, 15) is 19.2 Å². The van der Waals surface area contributed by atoms with E-state index in [1.165, 1.54) is 0 Å². The van der Waals surface area contributed by atoms with Gasteiger partial charge in [0.1, 0.15) is 37.9 Å². The monoisotopic (exact) mass is 628 g/mol. The van der Waals surface area contributed by atoms with Gasteiger partial charge in [0.2, 0.25) is 0 Å². The Morgan fingerprint density at radius 3 is 1.17 bits per heavy atom. The van der Waals surface area contributed by atoms with Crippen molar-refractivity contribution < 1.29 is 77.3 Å². The Kier molecular flexibility index (Phi) is 23.2. The van der Waals surface area contributed by atoms with Crippen molar-refractivity contribution in [3.05, 3.63) is 60.7 Å². The molecule has 12 nitrogen and oxygen atoms in total. The fourth-order valence-electron chi connectivity index (χ4n) is 2.67. The molecule has 0 unspecified atom stereocenters. The molecule has 0 aliphatic carbocycles. The summed E-state index contributed by atoms with van der Waals surface area (Å²) in [5.74, 6) is -1.55. The number of hydrogen-bond donors (Lipinski definition) is 2.